The van der Waals surface area contributed by atoms with E-state index >= 15 is 0 Å². The van der Waals surface area contributed by atoms with Crippen LogP contribution in [0, 0.1) is 6.92 Å². The first kappa shape index (κ1) is 15.0. The highest BCUT2D eigenvalue weighted by Gasteiger charge is 2.19. The molecule has 20 heavy (non-hydrogen) atoms. The third-order valence-corrected chi connectivity index (χ3v) is 4.19. The van der Waals surface area contributed by atoms with E-state index in [0.29, 0.717) is 10.8 Å². The van der Waals surface area contributed by atoms with E-state index in [9.17, 15) is 0 Å². The lowest BCUT2D eigenvalue weighted by molar-refractivity contribution is 0.391. The minimum absolute atomic E-state index is 0.372. The van der Waals surface area contributed by atoms with E-state index in [1.54, 1.807) is 14.2 Å². The van der Waals surface area contributed by atoms with Crippen LogP contribution in [0.1, 0.15) is 22.1 Å². The Hall–Kier alpha value is -1.38. The van der Waals surface area contributed by atoms with Crippen molar-refractivity contribution in [2.75, 3.05) is 14.2 Å². The Morgan fingerprint density at radius 3 is 2.40 bits per heavy atom. The first-order valence-corrected chi connectivity index (χ1v) is 7.01. The van der Waals surface area contributed by atoms with Crippen molar-refractivity contribution in [1.82, 2.24) is 0 Å². The van der Waals surface area contributed by atoms with E-state index in [2.05, 4.69) is 0 Å². The minimum atomic E-state index is -0.372. The lowest BCUT2D eigenvalue weighted by Crippen LogP contribution is -1.99. The van der Waals surface area contributed by atoms with Gasteiger partial charge in [0.1, 0.15) is 11.5 Å². The Labute approximate surface area is 129 Å². The highest BCUT2D eigenvalue weighted by atomic mass is 35.5. The summed E-state index contributed by atoms with van der Waals surface area (Å²) in [5.41, 5.74) is 2.74. The fraction of sp³-hybridized carbons (Fsp3) is 0.250. The molecule has 0 saturated heterocycles. The maximum Gasteiger partial charge on any atom is 0.127 e. The molecule has 0 aliphatic carbocycles. The molecule has 0 aromatic heterocycles. The fourth-order valence-electron chi connectivity index (χ4n) is 2.06. The molecule has 0 fully saturated rings. The molecule has 0 bridgehead atoms. The van der Waals surface area contributed by atoms with Crippen molar-refractivity contribution in [3.63, 3.8) is 0 Å². The topological polar surface area (TPSA) is 18.5 Å². The predicted molar refractivity (Wildman–Crippen MR) is 83.4 cm³/mol. The molecular formula is C16H16Cl2O2. The van der Waals surface area contributed by atoms with E-state index in [0.717, 1.165) is 22.4 Å². The highest BCUT2D eigenvalue weighted by molar-refractivity contribution is 6.33. The number of hydrogen-bond donors (Lipinski definition) is 0. The van der Waals surface area contributed by atoms with Crippen molar-refractivity contribution in [2.45, 2.75) is 12.3 Å². The molecule has 1 unspecified atom stereocenters. The maximum absolute atomic E-state index is 6.58. The van der Waals surface area contributed by atoms with Gasteiger partial charge in [0.2, 0.25) is 0 Å². The number of halogens is 2. The number of benzene rings is 2. The minimum Gasteiger partial charge on any atom is -0.497 e. The smallest absolute Gasteiger partial charge is 0.127 e. The number of rotatable bonds is 4. The summed E-state index contributed by atoms with van der Waals surface area (Å²) in [5, 5.41) is 0.314. The van der Waals surface area contributed by atoms with Crippen LogP contribution in [0.4, 0.5) is 0 Å². The summed E-state index contributed by atoms with van der Waals surface area (Å²) < 4.78 is 10.6. The number of methoxy groups -OCH3 is 2. The molecule has 106 valence electrons. The highest BCUT2D eigenvalue weighted by Crippen LogP contribution is 2.40. The van der Waals surface area contributed by atoms with Gasteiger partial charge in [-0.2, -0.15) is 0 Å². The summed E-state index contributed by atoms with van der Waals surface area (Å²) >= 11 is 12.9. The summed E-state index contributed by atoms with van der Waals surface area (Å²) in [7, 11) is 3.23. The lowest BCUT2D eigenvalue weighted by Gasteiger charge is -2.17. The zero-order chi connectivity index (χ0) is 14.7. The van der Waals surface area contributed by atoms with Crippen LogP contribution in [-0.2, 0) is 0 Å². The molecule has 0 spiro atoms. The molecule has 2 aromatic carbocycles. The zero-order valence-electron chi connectivity index (χ0n) is 11.6. The van der Waals surface area contributed by atoms with Crippen LogP contribution in [0.3, 0.4) is 0 Å². The second-order valence-electron chi connectivity index (χ2n) is 4.45. The maximum atomic E-state index is 6.58. The summed E-state index contributed by atoms with van der Waals surface area (Å²) in [6.07, 6.45) is 0. The predicted octanol–water partition coefficient (Wildman–Crippen LogP) is 4.99. The van der Waals surface area contributed by atoms with Gasteiger partial charge in [0.15, 0.2) is 0 Å². The Morgan fingerprint density at radius 1 is 1.00 bits per heavy atom. The standard InChI is InChI=1S/C16H16Cl2O2/c1-10-5-4-6-13(15(10)17)16(18)12-8-7-11(19-2)9-14(12)20-3/h4-9,16H,1-3H3. The van der Waals surface area contributed by atoms with Crippen LogP contribution in [0.2, 0.25) is 5.02 Å². The van der Waals surface area contributed by atoms with E-state index < -0.39 is 0 Å². The largest absolute Gasteiger partial charge is 0.497 e. The lowest BCUT2D eigenvalue weighted by atomic mass is 10.0. The van der Waals surface area contributed by atoms with E-state index in [1.807, 2.05) is 43.3 Å². The van der Waals surface area contributed by atoms with Gasteiger partial charge in [-0.15, -0.1) is 11.6 Å². The normalized spacial score (nSPS) is 12.1. The quantitative estimate of drug-likeness (QED) is 0.740. The van der Waals surface area contributed by atoms with Crippen LogP contribution >= 0.6 is 23.2 Å². The molecule has 0 heterocycles. The first-order chi connectivity index (χ1) is 9.58. The van der Waals surface area contributed by atoms with Gasteiger partial charge in [-0.1, -0.05) is 29.8 Å². The van der Waals surface area contributed by atoms with Gasteiger partial charge in [0, 0.05) is 16.7 Å². The SMILES string of the molecule is COc1ccc(C(Cl)c2cccc(C)c2Cl)c(OC)c1. The van der Waals surface area contributed by atoms with Crippen molar-refractivity contribution < 1.29 is 9.47 Å². The Kier molecular flexibility index (Phi) is 4.79. The Balaban J connectivity index is 2.47. The Bertz CT molecular complexity index is 611. The van der Waals surface area contributed by atoms with E-state index in [4.69, 9.17) is 32.7 Å². The average molecular weight is 311 g/mol. The molecule has 2 rings (SSSR count). The summed E-state index contributed by atoms with van der Waals surface area (Å²) in [5.74, 6) is 1.41. The number of aryl methyl sites for hydroxylation is 1. The van der Waals surface area contributed by atoms with Crippen molar-refractivity contribution in [3.8, 4) is 11.5 Å². The van der Waals surface area contributed by atoms with Crippen molar-refractivity contribution in [1.29, 1.82) is 0 Å². The van der Waals surface area contributed by atoms with Crippen LogP contribution < -0.4 is 9.47 Å². The molecule has 2 nitrogen and oxygen atoms in total. The third kappa shape index (κ3) is 2.87. The number of alkyl halides is 1. The Morgan fingerprint density at radius 2 is 1.75 bits per heavy atom. The first-order valence-electron chi connectivity index (χ1n) is 6.19. The molecule has 0 amide bonds. The van der Waals surface area contributed by atoms with Gasteiger partial charge >= 0.3 is 0 Å². The fourth-order valence-corrected chi connectivity index (χ4v) is 2.71. The van der Waals surface area contributed by atoms with Crippen molar-refractivity contribution in [3.05, 3.63) is 58.1 Å². The van der Waals surface area contributed by atoms with Gasteiger partial charge < -0.3 is 9.47 Å². The molecule has 4 heteroatoms. The molecule has 0 saturated carbocycles. The number of ether oxygens (including phenoxy) is 2. The zero-order valence-corrected chi connectivity index (χ0v) is 13.1. The molecule has 1 atom stereocenters. The van der Waals surface area contributed by atoms with Gasteiger partial charge in [-0.25, -0.2) is 0 Å². The summed E-state index contributed by atoms with van der Waals surface area (Å²) in [6.45, 7) is 1.96. The van der Waals surface area contributed by atoms with Gasteiger partial charge in [0.05, 0.1) is 19.6 Å². The van der Waals surface area contributed by atoms with Crippen LogP contribution in [0.25, 0.3) is 0 Å². The van der Waals surface area contributed by atoms with E-state index in [-0.39, 0.29) is 5.38 Å². The van der Waals surface area contributed by atoms with Crippen LogP contribution in [0.5, 0.6) is 11.5 Å². The molecule has 0 aliphatic rings. The molecular weight excluding hydrogens is 295 g/mol. The van der Waals surface area contributed by atoms with Gasteiger partial charge in [-0.05, 0) is 30.2 Å². The molecule has 0 N–H and O–H groups in total. The second-order valence-corrected chi connectivity index (χ2v) is 5.26. The molecule has 0 radical (unpaired) electrons. The third-order valence-electron chi connectivity index (χ3n) is 3.21. The van der Waals surface area contributed by atoms with Crippen LogP contribution in [-0.4, -0.2) is 14.2 Å². The van der Waals surface area contributed by atoms with Crippen molar-refractivity contribution >= 4 is 23.2 Å². The number of hydrogen-bond acceptors (Lipinski definition) is 2. The molecule has 0 aliphatic heterocycles. The van der Waals surface area contributed by atoms with Gasteiger partial charge in [-0.3, -0.25) is 0 Å². The summed E-state index contributed by atoms with van der Waals surface area (Å²) in [4.78, 5) is 0. The second kappa shape index (κ2) is 6.38. The summed E-state index contributed by atoms with van der Waals surface area (Å²) in [6, 6.07) is 11.4. The monoisotopic (exact) mass is 310 g/mol. The molecule has 2 aromatic rings. The van der Waals surface area contributed by atoms with Gasteiger partial charge in [0.25, 0.3) is 0 Å². The average Bonchev–Trinajstić information content (AvgIpc) is 2.48. The van der Waals surface area contributed by atoms with Crippen molar-refractivity contribution in [2.24, 2.45) is 0 Å². The van der Waals surface area contributed by atoms with E-state index in [1.165, 1.54) is 0 Å². The van der Waals surface area contributed by atoms with Crippen LogP contribution in [0.15, 0.2) is 36.4 Å².